The van der Waals surface area contributed by atoms with Crippen molar-refractivity contribution in [3.05, 3.63) is 0 Å². The highest BCUT2D eigenvalue weighted by molar-refractivity contribution is 6.02. The molecule has 0 saturated carbocycles. The summed E-state index contributed by atoms with van der Waals surface area (Å²) in [4.78, 5) is 14.0. The van der Waals surface area contributed by atoms with Gasteiger partial charge in [0.15, 0.2) is 5.84 Å². The van der Waals surface area contributed by atoms with Crippen LogP contribution in [0.15, 0.2) is 5.16 Å². The van der Waals surface area contributed by atoms with E-state index in [0.29, 0.717) is 11.8 Å². The molecule has 1 rings (SSSR count). The first-order valence-electron chi connectivity index (χ1n) is 6.17. The van der Waals surface area contributed by atoms with Crippen LogP contribution in [0, 0.1) is 11.3 Å². The van der Waals surface area contributed by atoms with Crippen molar-refractivity contribution in [2.24, 2.45) is 22.2 Å². The minimum atomic E-state index is -0.485. The summed E-state index contributed by atoms with van der Waals surface area (Å²) in [5, 5.41) is 11.6. The number of carbonyl (C=O) groups is 1. The second-order valence-corrected chi connectivity index (χ2v) is 5.48. The second-order valence-electron chi connectivity index (χ2n) is 5.48. The van der Waals surface area contributed by atoms with Crippen LogP contribution in [0.2, 0.25) is 0 Å². The number of nitrogens with zero attached hydrogens (tertiary/aromatic N) is 2. The molecule has 1 heterocycles. The van der Waals surface area contributed by atoms with Crippen molar-refractivity contribution in [3.8, 4) is 0 Å². The molecule has 0 spiro atoms. The van der Waals surface area contributed by atoms with Gasteiger partial charge >= 0.3 is 0 Å². The summed E-state index contributed by atoms with van der Waals surface area (Å²) >= 11 is 0. The lowest BCUT2D eigenvalue weighted by Gasteiger charge is -2.38. The van der Waals surface area contributed by atoms with Crippen molar-refractivity contribution < 1.29 is 10.0 Å². The van der Waals surface area contributed by atoms with Gasteiger partial charge in [0.05, 0.1) is 5.92 Å². The highest BCUT2D eigenvalue weighted by Crippen LogP contribution is 2.30. The maximum atomic E-state index is 12.2. The molecule has 1 atom stereocenters. The molecule has 3 N–H and O–H groups in total. The van der Waals surface area contributed by atoms with E-state index in [1.54, 1.807) is 0 Å². The lowest BCUT2D eigenvalue weighted by Crippen LogP contribution is -2.46. The third kappa shape index (κ3) is 3.35. The smallest absolute Gasteiger partial charge is 0.233 e. The van der Waals surface area contributed by atoms with Crippen molar-refractivity contribution in [3.63, 3.8) is 0 Å². The molecule has 0 aromatic rings. The van der Waals surface area contributed by atoms with E-state index in [-0.39, 0.29) is 11.7 Å². The second kappa shape index (κ2) is 5.38. The lowest BCUT2D eigenvalue weighted by atomic mass is 9.82. The minimum Gasteiger partial charge on any atom is -0.409 e. The third-order valence-corrected chi connectivity index (χ3v) is 3.61. The van der Waals surface area contributed by atoms with Crippen LogP contribution in [-0.4, -0.2) is 34.9 Å². The van der Waals surface area contributed by atoms with Crippen LogP contribution in [0.25, 0.3) is 0 Å². The molecule has 1 aliphatic heterocycles. The van der Waals surface area contributed by atoms with Gasteiger partial charge in [-0.15, -0.1) is 0 Å². The van der Waals surface area contributed by atoms with E-state index in [2.05, 4.69) is 19.0 Å². The van der Waals surface area contributed by atoms with Gasteiger partial charge in [-0.05, 0) is 24.7 Å². The van der Waals surface area contributed by atoms with Gasteiger partial charge in [-0.1, -0.05) is 25.9 Å². The minimum absolute atomic E-state index is 0.0155. The number of amidine groups is 1. The first-order chi connectivity index (χ1) is 7.91. The Morgan fingerprint density at radius 3 is 2.41 bits per heavy atom. The number of carbonyl (C=O) groups excluding carboxylic acids is 1. The molecule has 1 amide bonds. The van der Waals surface area contributed by atoms with Crippen LogP contribution in [0.4, 0.5) is 0 Å². The Labute approximate surface area is 103 Å². The van der Waals surface area contributed by atoms with Gasteiger partial charge < -0.3 is 15.8 Å². The molecule has 5 nitrogen and oxygen atoms in total. The Morgan fingerprint density at radius 1 is 1.47 bits per heavy atom. The molecule has 1 saturated heterocycles. The molecule has 1 unspecified atom stereocenters. The molecular weight excluding hydrogens is 218 g/mol. The quantitative estimate of drug-likeness (QED) is 0.339. The number of nitrogens with two attached hydrogens (primary N) is 1. The van der Waals surface area contributed by atoms with E-state index in [0.717, 1.165) is 25.9 Å². The fourth-order valence-electron chi connectivity index (χ4n) is 2.13. The van der Waals surface area contributed by atoms with Crippen LogP contribution >= 0.6 is 0 Å². The number of piperidine rings is 1. The summed E-state index contributed by atoms with van der Waals surface area (Å²) in [6, 6.07) is 0. The Morgan fingerprint density at radius 2 is 2.00 bits per heavy atom. The zero-order chi connectivity index (χ0) is 13.1. The number of amides is 1. The molecule has 98 valence electrons. The maximum absolute atomic E-state index is 12.2. The summed E-state index contributed by atoms with van der Waals surface area (Å²) in [5.74, 6) is -0.484. The Hall–Kier alpha value is -1.26. The van der Waals surface area contributed by atoms with E-state index in [4.69, 9.17) is 10.9 Å². The molecule has 5 heteroatoms. The van der Waals surface area contributed by atoms with E-state index >= 15 is 0 Å². The van der Waals surface area contributed by atoms with Crippen LogP contribution in [-0.2, 0) is 4.79 Å². The molecule has 0 radical (unpaired) electrons. The number of likely N-dealkylation sites (tertiary alicyclic amines) is 1. The highest BCUT2D eigenvalue weighted by Gasteiger charge is 2.32. The molecule has 0 aromatic carbocycles. The fourth-order valence-corrected chi connectivity index (χ4v) is 2.13. The largest absolute Gasteiger partial charge is 0.409 e. The van der Waals surface area contributed by atoms with Crippen molar-refractivity contribution in [1.82, 2.24) is 4.90 Å². The number of hydrogen-bond donors (Lipinski definition) is 2. The first kappa shape index (κ1) is 13.8. The summed E-state index contributed by atoms with van der Waals surface area (Å²) < 4.78 is 0. The van der Waals surface area contributed by atoms with Crippen molar-refractivity contribution in [2.75, 3.05) is 13.1 Å². The predicted molar refractivity (Wildman–Crippen MR) is 66.8 cm³/mol. The van der Waals surface area contributed by atoms with Crippen molar-refractivity contribution in [1.29, 1.82) is 0 Å². The van der Waals surface area contributed by atoms with E-state index in [1.165, 1.54) is 0 Å². The summed E-state index contributed by atoms with van der Waals surface area (Å²) in [6.45, 7) is 7.84. The highest BCUT2D eigenvalue weighted by atomic mass is 16.4. The lowest BCUT2D eigenvalue weighted by molar-refractivity contribution is -0.135. The molecule has 1 fully saturated rings. The molecular formula is C12H23N3O2. The van der Waals surface area contributed by atoms with E-state index < -0.39 is 5.92 Å². The van der Waals surface area contributed by atoms with E-state index in [9.17, 15) is 4.79 Å². The number of rotatable bonds is 3. The van der Waals surface area contributed by atoms with Gasteiger partial charge in [0.25, 0.3) is 0 Å². The molecule has 1 aliphatic rings. The fraction of sp³-hybridized carbons (Fsp3) is 0.833. The van der Waals surface area contributed by atoms with Crippen LogP contribution < -0.4 is 5.73 Å². The zero-order valence-electron chi connectivity index (χ0n) is 10.9. The molecule has 17 heavy (non-hydrogen) atoms. The normalized spacial score (nSPS) is 22.3. The van der Waals surface area contributed by atoms with Crippen LogP contribution in [0.1, 0.15) is 40.0 Å². The van der Waals surface area contributed by atoms with Gasteiger partial charge in [0, 0.05) is 13.1 Å². The summed E-state index contributed by atoms with van der Waals surface area (Å²) in [5.41, 5.74) is 5.86. The van der Waals surface area contributed by atoms with Gasteiger partial charge in [-0.2, -0.15) is 0 Å². The maximum Gasteiger partial charge on any atom is 0.233 e. The average molecular weight is 241 g/mol. The molecule has 0 aromatic heterocycles. The summed E-state index contributed by atoms with van der Waals surface area (Å²) in [6.07, 6.45) is 2.57. The Balaban J connectivity index is 2.65. The Kier molecular flexibility index (Phi) is 4.37. The van der Waals surface area contributed by atoms with Crippen molar-refractivity contribution >= 4 is 11.7 Å². The van der Waals surface area contributed by atoms with Gasteiger partial charge in [-0.3, -0.25) is 4.79 Å². The topological polar surface area (TPSA) is 78.9 Å². The van der Waals surface area contributed by atoms with Gasteiger partial charge in [-0.25, -0.2) is 0 Å². The molecule has 0 bridgehead atoms. The third-order valence-electron chi connectivity index (χ3n) is 3.61. The van der Waals surface area contributed by atoms with Crippen LogP contribution in [0.5, 0.6) is 0 Å². The number of oxime groups is 1. The van der Waals surface area contributed by atoms with Crippen molar-refractivity contribution in [2.45, 2.75) is 40.0 Å². The average Bonchev–Trinajstić information content (AvgIpc) is 2.29. The zero-order valence-corrected chi connectivity index (χ0v) is 10.9. The first-order valence-corrected chi connectivity index (χ1v) is 6.17. The van der Waals surface area contributed by atoms with Gasteiger partial charge in [0.1, 0.15) is 0 Å². The van der Waals surface area contributed by atoms with Gasteiger partial charge in [0.2, 0.25) is 5.91 Å². The standard InChI is InChI=1S/C12H23N3O2/c1-4-9(10(13)14-17)11(16)15-7-5-12(2,3)6-8-15/h9,17H,4-8H2,1-3H3,(H2,13,14). The monoisotopic (exact) mass is 241 g/mol. The predicted octanol–water partition coefficient (Wildman–Crippen LogP) is 1.41. The molecule has 0 aliphatic carbocycles. The van der Waals surface area contributed by atoms with Crippen LogP contribution in [0.3, 0.4) is 0 Å². The summed E-state index contributed by atoms with van der Waals surface area (Å²) in [7, 11) is 0. The van der Waals surface area contributed by atoms with E-state index in [1.807, 2.05) is 11.8 Å². The SMILES string of the molecule is CCC(C(=O)N1CCC(C)(C)CC1)/C(N)=N/O. The number of hydrogen-bond acceptors (Lipinski definition) is 3. The Bertz CT molecular complexity index is 303.